The molecule has 0 saturated carbocycles. The highest BCUT2D eigenvalue weighted by atomic mass is 79.9. The maximum Gasteiger partial charge on any atom is 0.0824 e. The van der Waals surface area contributed by atoms with Crippen molar-refractivity contribution in [1.29, 1.82) is 0 Å². The Hall–Kier alpha value is 0.397. The zero-order valence-electron chi connectivity index (χ0n) is 10.4. The Morgan fingerprint density at radius 3 is 2.27 bits per heavy atom. The van der Waals surface area contributed by atoms with Crippen molar-refractivity contribution in [3.8, 4) is 0 Å². The molecule has 1 atom stereocenters. The molecular formula is C12H25BrOSi. The second kappa shape index (κ2) is 6.87. The average molecular weight is 293 g/mol. The molecule has 0 radical (unpaired) electrons. The maximum atomic E-state index is 10.6. The van der Waals surface area contributed by atoms with E-state index in [1.807, 2.05) is 6.08 Å². The maximum absolute atomic E-state index is 10.6. The summed E-state index contributed by atoms with van der Waals surface area (Å²) >= 11 is 3.43. The summed E-state index contributed by atoms with van der Waals surface area (Å²) < 4.78 is 0. The van der Waals surface area contributed by atoms with Crippen molar-refractivity contribution in [2.45, 2.75) is 57.0 Å². The Labute approximate surface area is 104 Å². The van der Waals surface area contributed by atoms with Crippen LogP contribution < -0.4 is 0 Å². The third-order valence-corrected chi connectivity index (χ3v) is 6.91. The fourth-order valence-corrected chi connectivity index (χ4v) is 3.79. The van der Waals surface area contributed by atoms with Crippen molar-refractivity contribution < 1.29 is 5.11 Å². The third kappa shape index (κ3) is 5.32. The first-order valence-corrected chi connectivity index (χ1v) is 10.4. The molecule has 0 bridgehead atoms. The second-order valence-corrected chi connectivity index (χ2v) is 11.5. The van der Waals surface area contributed by atoms with Gasteiger partial charge in [-0.25, -0.2) is 0 Å². The molecule has 15 heavy (non-hydrogen) atoms. The molecule has 0 heterocycles. The van der Waals surface area contributed by atoms with Crippen LogP contribution in [0.4, 0.5) is 0 Å². The number of aliphatic hydroxyl groups is 1. The minimum atomic E-state index is -1.52. The van der Waals surface area contributed by atoms with Crippen LogP contribution in [0.5, 0.6) is 0 Å². The molecule has 0 aromatic heterocycles. The summed E-state index contributed by atoms with van der Waals surface area (Å²) in [7, 11) is -1.52. The van der Waals surface area contributed by atoms with E-state index in [0.29, 0.717) is 0 Å². The van der Waals surface area contributed by atoms with E-state index in [1.165, 1.54) is 12.8 Å². The first-order chi connectivity index (χ1) is 6.87. The highest BCUT2D eigenvalue weighted by Crippen LogP contribution is 2.30. The Balaban J connectivity index is 4.20. The molecular weight excluding hydrogens is 268 g/mol. The van der Waals surface area contributed by atoms with Crippen molar-refractivity contribution >= 4 is 24.0 Å². The number of hydrogen-bond acceptors (Lipinski definition) is 1. The van der Waals surface area contributed by atoms with E-state index >= 15 is 0 Å². The predicted octanol–water partition coefficient (Wildman–Crippen LogP) is 4.13. The molecule has 0 aliphatic heterocycles. The Morgan fingerprint density at radius 2 is 1.87 bits per heavy atom. The lowest BCUT2D eigenvalue weighted by molar-refractivity contribution is 0.105. The third-order valence-electron chi connectivity index (χ3n) is 3.10. The van der Waals surface area contributed by atoms with Gasteiger partial charge in [-0.15, -0.1) is 6.58 Å². The smallest absolute Gasteiger partial charge is 0.0824 e. The minimum Gasteiger partial charge on any atom is -0.393 e. The quantitative estimate of drug-likeness (QED) is 0.309. The fraction of sp³-hybridized carbons (Fsp3) is 0.833. The Morgan fingerprint density at radius 1 is 1.27 bits per heavy atom. The monoisotopic (exact) mass is 292 g/mol. The molecule has 0 amide bonds. The lowest BCUT2D eigenvalue weighted by atomic mass is 10.1. The SMILES string of the molecule is C=CCC(O)(CCCCCBr)[Si](C)(C)C. The van der Waals surface area contributed by atoms with Crippen LogP contribution in [0.2, 0.25) is 19.6 Å². The standard InChI is InChI=1S/C12H25BrOSi/c1-5-9-12(14,15(2,3)4)10-7-6-8-11-13/h5,14H,1,6-11H2,2-4H3. The van der Waals surface area contributed by atoms with Crippen molar-refractivity contribution in [3.63, 3.8) is 0 Å². The van der Waals surface area contributed by atoms with Crippen LogP contribution in [0.15, 0.2) is 12.7 Å². The molecule has 0 aliphatic carbocycles. The van der Waals surface area contributed by atoms with Gasteiger partial charge in [0, 0.05) is 5.33 Å². The van der Waals surface area contributed by atoms with Gasteiger partial charge < -0.3 is 5.11 Å². The number of halogens is 1. The molecule has 0 rings (SSSR count). The van der Waals surface area contributed by atoms with Crippen molar-refractivity contribution in [1.82, 2.24) is 0 Å². The highest BCUT2D eigenvalue weighted by Gasteiger charge is 2.39. The van der Waals surface area contributed by atoms with Gasteiger partial charge in [-0.1, -0.05) is 54.5 Å². The van der Waals surface area contributed by atoms with Gasteiger partial charge in [0.2, 0.25) is 0 Å². The van der Waals surface area contributed by atoms with Crippen LogP contribution in [0, 0.1) is 0 Å². The fourth-order valence-electron chi connectivity index (χ4n) is 1.71. The van der Waals surface area contributed by atoms with E-state index < -0.39 is 13.3 Å². The summed E-state index contributed by atoms with van der Waals surface area (Å²) in [6.45, 7) is 10.5. The molecule has 90 valence electrons. The molecule has 1 N–H and O–H groups in total. The van der Waals surface area contributed by atoms with Crippen LogP contribution in [-0.4, -0.2) is 23.7 Å². The van der Waals surface area contributed by atoms with Crippen LogP contribution >= 0.6 is 15.9 Å². The van der Waals surface area contributed by atoms with Crippen molar-refractivity contribution in [2.24, 2.45) is 0 Å². The van der Waals surface area contributed by atoms with Crippen molar-refractivity contribution in [2.75, 3.05) is 5.33 Å². The summed E-state index contributed by atoms with van der Waals surface area (Å²) in [5.74, 6) is 0. The van der Waals surface area contributed by atoms with E-state index in [0.717, 1.165) is 24.6 Å². The normalized spacial score (nSPS) is 16.1. The molecule has 3 heteroatoms. The van der Waals surface area contributed by atoms with Gasteiger partial charge in [0.15, 0.2) is 0 Å². The van der Waals surface area contributed by atoms with E-state index in [1.54, 1.807) is 0 Å². The second-order valence-electron chi connectivity index (χ2n) is 5.27. The number of rotatable bonds is 8. The Bertz CT molecular complexity index is 189. The van der Waals surface area contributed by atoms with Gasteiger partial charge in [0.1, 0.15) is 0 Å². The molecule has 0 fully saturated rings. The van der Waals surface area contributed by atoms with Gasteiger partial charge in [-0.3, -0.25) is 0 Å². The number of hydrogen-bond donors (Lipinski definition) is 1. The van der Waals surface area contributed by atoms with Crippen LogP contribution in [0.3, 0.4) is 0 Å². The van der Waals surface area contributed by atoms with E-state index in [-0.39, 0.29) is 0 Å². The van der Waals surface area contributed by atoms with Crippen LogP contribution in [0.25, 0.3) is 0 Å². The summed E-state index contributed by atoms with van der Waals surface area (Å²) in [5.41, 5.74) is 0. The highest BCUT2D eigenvalue weighted by molar-refractivity contribution is 9.09. The molecule has 0 aromatic carbocycles. The molecule has 0 spiro atoms. The first-order valence-electron chi connectivity index (χ1n) is 5.76. The molecule has 0 aromatic rings. The topological polar surface area (TPSA) is 20.2 Å². The zero-order valence-corrected chi connectivity index (χ0v) is 12.9. The molecule has 1 unspecified atom stereocenters. The lowest BCUT2D eigenvalue weighted by Crippen LogP contribution is -2.51. The van der Waals surface area contributed by atoms with Gasteiger partial charge >= 0.3 is 0 Å². The number of alkyl halides is 1. The Kier molecular flexibility index (Phi) is 7.05. The van der Waals surface area contributed by atoms with E-state index in [9.17, 15) is 5.11 Å². The molecule has 0 saturated heterocycles. The van der Waals surface area contributed by atoms with E-state index in [2.05, 4.69) is 42.1 Å². The summed E-state index contributed by atoms with van der Waals surface area (Å²) in [6, 6.07) is 0. The van der Waals surface area contributed by atoms with Crippen molar-refractivity contribution in [3.05, 3.63) is 12.7 Å². The first kappa shape index (κ1) is 15.4. The van der Waals surface area contributed by atoms with Crippen LogP contribution in [-0.2, 0) is 0 Å². The minimum absolute atomic E-state index is 0.457. The molecule has 0 aliphatic rings. The van der Waals surface area contributed by atoms with Gasteiger partial charge in [0.25, 0.3) is 0 Å². The summed E-state index contributed by atoms with van der Waals surface area (Å²) in [5, 5.41) is 11.2. The van der Waals surface area contributed by atoms with Gasteiger partial charge in [0.05, 0.1) is 13.3 Å². The van der Waals surface area contributed by atoms with Gasteiger partial charge in [-0.2, -0.15) is 0 Å². The largest absolute Gasteiger partial charge is 0.393 e. The number of unbranched alkanes of at least 4 members (excludes halogenated alkanes) is 2. The summed E-state index contributed by atoms with van der Waals surface area (Å²) in [6.07, 6.45) is 7.08. The van der Waals surface area contributed by atoms with Crippen LogP contribution in [0.1, 0.15) is 32.1 Å². The lowest BCUT2D eigenvalue weighted by Gasteiger charge is -2.38. The van der Waals surface area contributed by atoms with E-state index in [4.69, 9.17) is 0 Å². The summed E-state index contributed by atoms with van der Waals surface area (Å²) in [4.78, 5) is 0. The van der Waals surface area contributed by atoms with Gasteiger partial charge in [-0.05, 0) is 19.3 Å². The zero-order chi connectivity index (χ0) is 11.9. The average Bonchev–Trinajstić information content (AvgIpc) is 2.11. The molecule has 1 nitrogen and oxygen atoms in total. The predicted molar refractivity (Wildman–Crippen MR) is 75.4 cm³/mol.